The number of aryl methyl sites for hydroxylation is 2. The lowest BCUT2D eigenvalue weighted by Gasteiger charge is -2.12. The first-order chi connectivity index (χ1) is 12.2. The zero-order valence-electron chi connectivity index (χ0n) is 15.3. The summed E-state index contributed by atoms with van der Waals surface area (Å²) in [5.74, 6) is 1.09. The fourth-order valence-electron chi connectivity index (χ4n) is 2.59. The van der Waals surface area contributed by atoms with Gasteiger partial charge in [0.05, 0.1) is 7.85 Å². The SMILES string of the molecule is CCCCc1cnc(CC)[nH]1.[B]C(c1ccccc1)c1ccccc1. The number of unbranched alkanes of at least 4 members (excludes halogenated alkanes) is 1. The maximum Gasteiger partial charge on any atom is 0.105 e. The van der Waals surface area contributed by atoms with Gasteiger partial charge in [0.1, 0.15) is 5.82 Å². The third kappa shape index (κ3) is 6.26. The van der Waals surface area contributed by atoms with Gasteiger partial charge in [0.2, 0.25) is 0 Å². The molecule has 0 saturated heterocycles. The van der Waals surface area contributed by atoms with Crippen LogP contribution in [0.1, 0.15) is 55.2 Å². The van der Waals surface area contributed by atoms with Crippen LogP contribution in [0.5, 0.6) is 0 Å². The second-order valence-electron chi connectivity index (χ2n) is 6.11. The van der Waals surface area contributed by atoms with Gasteiger partial charge >= 0.3 is 0 Å². The molecule has 0 amide bonds. The summed E-state index contributed by atoms with van der Waals surface area (Å²) in [6.07, 6.45) is 6.61. The molecule has 2 nitrogen and oxygen atoms in total. The van der Waals surface area contributed by atoms with Gasteiger partial charge in [-0.3, -0.25) is 0 Å². The molecule has 1 aromatic heterocycles. The van der Waals surface area contributed by atoms with E-state index in [2.05, 4.69) is 48.1 Å². The highest BCUT2D eigenvalue weighted by Gasteiger charge is 2.05. The smallest absolute Gasteiger partial charge is 0.105 e. The van der Waals surface area contributed by atoms with Crippen molar-refractivity contribution < 1.29 is 0 Å². The number of imidazole rings is 1. The molecule has 3 rings (SSSR count). The van der Waals surface area contributed by atoms with Crippen LogP contribution in [0.3, 0.4) is 0 Å². The normalized spacial score (nSPS) is 10.4. The average Bonchev–Trinajstić information content (AvgIpc) is 3.16. The molecule has 0 aliphatic rings. The van der Waals surface area contributed by atoms with Crippen molar-refractivity contribution in [1.29, 1.82) is 0 Å². The maximum absolute atomic E-state index is 6.12. The van der Waals surface area contributed by atoms with Gasteiger partial charge in [0.25, 0.3) is 0 Å². The summed E-state index contributed by atoms with van der Waals surface area (Å²) in [6, 6.07) is 20.3. The Labute approximate surface area is 153 Å². The molecule has 1 heterocycles. The Morgan fingerprint density at radius 3 is 1.92 bits per heavy atom. The molecule has 0 unspecified atom stereocenters. The molecule has 0 bridgehead atoms. The highest BCUT2D eigenvalue weighted by molar-refractivity contribution is 6.14. The number of aromatic nitrogens is 2. The minimum absolute atomic E-state index is 0.0163. The minimum Gasteiger partial charge on any atom is -0.346 e. The first-order valence-electron chi connectivity index (χ1n) is 9.12. The fraction of sp³-hybridized carbons (Fsp3) is 0.318. The van der Waals surface area contributed by atoms with Crippen LogP contribution < -0.4 is 0 Å². The van der Waals surface area contributed by atoms with Crippen molar-refractivity contribution in [2.24, 2.45) is 0 Å². The Hall–Kier alpha value is -2.29. The third-order valence-electron chi connectivity index (χ3n) is 4.13. The molecule has 0 fully saturated rings. The summed E-state index contributed by atoms with van der Waals surface area (Å²) < 4.78 is 0. The van der Waals surface area contributed by atoms with Gasteiger partial charge in [0, 0.05) is 18.3 Å². The van der Waals surface area contributed by atoms with E-state index in [0.717, 1.165) is 29.8 Å². The van der Waals surface area contributed by atoms with Gasteiger partial charge < -0.3 is 4.98 Å². The average molecular weight is 330 g/mol. The van der Waals surface area contributed by atoms with E-state index in [1.807, 2.05) is 42.6 Å². The molecule has 25 heavy (non-hydrogen) atoms. The Bertz CT molecular complexity index is 668. The van der Waals surface area contributed by atoms with Crippen LogP contribution in [-0.4, -0.2) is 17.8 Å². The predicted octanol–water partition coefficient (Wildman–Crippen LogP) is 5.26. The Kier molecular flexibility index (Phi) is 8.04. The number of rotatable bonds is 6. The summed E-state index contributed by atoms with van der Waals surface area (Å²) in [5, 5.41) is 0. The molecular weight excluding hydrogens is 303 g/mol. The van der Waals surface area contributed by atoms with Gasteiger partial charge in [-0.2, -0.15) is 0 Å². The minimum atomic E-state index is -0.0163. The van der Waals surface area contributed by atoms with Crippen molar-refractivity contribution in [3.05, 3.63) is 89.5 Å². The van der Waals surface area contributed by atoms with Gasteiger partial charge in [-0.15, -0.1) is 0 Å². The zero-order valence-corrected chi connectivity index (χ0v) is 15.3. The van der Waals surface area contributed by atoms with Crippen molar-refractivity contribution in [3.63, 3.8) is 0 Å². The highest BCUT2D eigenvalue weighted by atomic mass is 14.9. The Balaban J connectivity index is 0.000000186. The molecule has 0 aliphatic heterocycles. The van der Waals surface area contributed by atoms with E-state index >= 15 is 0 Å². The second kappa shape index (κ2) is 10.6. The van der Waals surface area contributed by atoms with Crippen molar-refractivity contribution >= 4 is 7.85 Å². The number of nitrogens with zero attached hydrogens (tertiary/aromatic N) is 1. The lowest BCUT2D eigenvalue weighted by Crippen LogP contribution is -1.99. The zero-order chi connectivity index (χ0) is 17.9. The van der Waals surface area contributed by atoms with E-state index in [1.54, 1.807) is 0 Å². The quantitative estimate of drug-likeness (QED) is 0.614. The van der Waals surface area contributed by atoms with Crippen molar-refractivity contribution in [2.45, 2.75) is 45.3 Å². The van der Waals surface area contributed by atoms with E-state index in [1.165, 1.54) is 18.5 Å². The van der Waals surface area contributed by atoms with Crippen molar-refractivity contribution in [3.8, 4) is 0 Å². The second-order valence-corrected chi connectivity index (χ2v) is 6.11. The van der Waals surface area contributed by atoms with E-state index in [9.17, 15) is 0 Å². The molecule has 0 spiro atoms. The van der Waals surface area contributed by atoms with Crippen LogP contribution >= 0.6 is 0 Å². The fourth-order valence-corrected chi connectivity index (χ4v) is 2.59. The summed E-state index contributed by atoms with van der Waals surface area (Å²) in [6.45, 7) is 4.32. The number of nitrogens with one attached hydrogen (secondary N) is 1. The van der Waals surface area contributed by atoms with E-state index < -0.39 is 0 Å². The molecule has 0 saturated carbocycles. The number of hydrogen-bond donors (Lipinski definition) is 1. The first kappa shape index (κ1) is 19.0. The standard InChI is InChI=1S/C13H11B.C9H16N2/c14-13(11-7-3-1-4-8-11)12-9-5-2-6-10-12;1-3-5-6-8-7-10-9(4-2)11-8/h1-10,13H;7H,3-6H2,1-2H3,(H,10,11). The molecule has 2 radical (unpaired) electrons. The third-order valence-corrected chi connectivity index (χ3v) is 4.13. The molecule has 1 N–H and O–H groups in total. The molecule has 0 atom stereocenters. The van der Waals surface area contributed by atoms with Crippen molar-refractivity contribution in [1.82, 2.24) is 9.97 Å². The lowest BCUT2D eigenvalue weighted by molar-refractivity contribution is 0.777. The lowest BCUT2D eigenvalue weighted by atomic mass is 9.76. The van der Waals surface area contributed by atoms with Crippen LogP contribution in [-0.2, 0) is 12.8 Å². The molecular formula is C22H27BN2. The van der Waals surface area contributed by atoms with E-state index in [0.29, 0.717) is 0 Å². The monoisotopic (exact) mass is 330 g/mol. The first-order valence-corrected chi connectivity index (χ1v) is 9.12. The topological polar surface area (TPSA) is 28.7 Å². The van der Waals surface area contributed by atoms with Gasteiger partial charge in [0.15, 0.2) is 0 Å². The Morgan fingerprint density at radius 2 is 1.48 bits per heavy atom. The summed E-state index contributed by atoms with van der Waals surface area (Å²) in [4.78, 5) is 7.52. The van der Waals surface area contributed by atoms with Crippen LogP contribution in [0.4, 0.5) is 0 Å². The number of hydrogen-bond acceptors (Lipinski definition) is 1. The molecule has 3 aromatic rings. The summed E-state index contributed by atoms with van der Waals surface area (Å²) in [5.41, 5.74) is 3.58. The van der Waals surface area contributed by atoms with Crippen LogP contribution in [0.25, 0.3) is 0 Å². The number of benzene rings is 2. The van der Waals surface area contributed by atoms with Gasteiger partial charge in [-0.1, -0.05) is 80.9 Å². The largest absolute Gasteiger partial charge is 0.346 e. The van der Waals surface area contributed by atoms with E-state index in [4.69, 9.17) is 7.85 Å². The van der Waals surface area contributed by atoms with Gasteiger partial charge in [-0.05, 0) is 29.8 Å². The van der Waals surface area contributed by atoms with Crippen molar-refractivity contribution in [2.75, 3.05) is 0 Å². The predicted molar refractivity (Wildman–Crippen MR) is 107 cm³/mol. The maximum atomic E-state index is 6.12. The highest BCUT2D eigenvalue weighted by Crippen LogP contribution is 2.20. The summed E-state index contributed by atoms with van der Waals surface area (Å²) >= 11 is 0. The van der Waals surface area contributed by atoms with Crippen LogP contribution in [0.15, 0.2) is 66.9 Å². The number of H-pyrrole nitrogens is 1. The molecule has 0 aliphatic carbocycles. The molecule has 128 valence electrons. The Morgan fingerprint density at radius 1 is 0.920 bits per heavy atom. The van der Waals surface area contributed by atoms with E-state index in [-0.39, 0.29) is 5.82 Å². The van der Waals surface area contributed by atoms with Crippen LogP contribution in [0.2, 0.25) is 0 Å². The van der Waals surface area contributed by atoms with Crippen LogP contribution in [0, 0.1) is 0 Å². The van der Waals surface area contributed by atoms with Gasteiger partial charge in [-0.25, -0.2) is 4.98 Å². The molecule has 2 aromatic carbocycles. The number of aromatic amines is 1. The molecule has 3 heteroatoms. The summed E-state index contributed by atoms with van der Waals surface area (Å²) in [7, 11) is 6.12.